The van der Waals surface area contributed by atoms with Gasteiger partial charge in [0, 0.05) is 19.2 Å². The minimum absolute atomic E-state index is 0.926. The number of aryl methyl sites for hydroxylation is 3. The summed E-state index contributed by atoms with van der Waals surface area (Å²) in [6, 6.07) is 21.5. The zero-order valence-electron chi connectivity index (χ0n) is 18.0. The first kappa shape index (κ1) is 21.4. The van der Waals surface area contributed by atoms with E-state index in [1.54, 1.807) is 0 Å². The minimum atomic E-state index is 0.926. The first-order chi connectivity index (χ1) is 14.3. The summed E-state index contributed by atoms with van der Waals surface area (Å²) in [6.45, 7) is 3.38. The van der Waals surface area contributed by atoms with Crippen LogP contribution in [-0.2, 0) is 25.8 Å². The van der Waals surface area contributed by atoms with Crippen molar-refractivity contribution in [2.24, 2.45) is 0 Å². The molecule has 0 bridgehead atoms. The lowest BCUT2D eigenvalue weighted by atomic mass is 10.1. The van der Waals surface area contributed by atoms with Crippen LogP contribution in [0.5, 0.6) is 0 Å². The number of rotatable bonds is 13. The molecule has 0 aliphatic rings. The maximum atomic E-state index is 5.03. The fraction of sp³-hybridized carbons (Fsp3) is 0.444. The van der Waals surface area contributed by atoms with Crippen LogP contribution in [0, 0.1) is 0 Å². The highest BCUT2D eigenvalue weighted by molar-refractivity contribution is 5.21. The van der Waals surface area contributed by atoms with Gasteiger partial charge in [0.25, 0.3) is 0 Å². The molecule has 0 radical (unpaired) electrons. The summed E-state index contributed by atoms with van der Waals surface area (Å²) in [6.07, 6.45) is 14.6. The van der Waals surface area contributed by atoms with Gasteiger partial charge in [0.05, 0.1) is 5.69 Å². The van der Waals surface area contributed by atoms with Crippen molar-refractivity contribution in [3.05, 3.63) is 89.5 Å². The Morgan fingerprint density at radius 2 is 1.34 bits per heavy atom. The first-order valence-corrected chi connectivity index (χ1v) is 11.5. The Bertz CT molecular complexity index is 805. The van der Waals surface area contributed by atoms with Crippen LogP contribution in [0.25, 0.3) is 0 Å². The van der Waals surface area contributed by atoms with E-state index in [4.69, 9.17) is 4.98 Å². The predicted molar refractivity (Wildman–Crippen MR) is 123 cm³/mol. The van der Waals surface area contributed by atoms with Crippen molar-refractivity contribution in [1.29, 1.82) is 0 Å². The topological polar surface area (TPSA) is 17.8 Å². The van der Waals surface area contributed by atoms with Gasteiger partial charge in [0.15, 0.2) is 0 Å². The Balaban J connectivity index is 1.57. The maximum Gasteiger partial charge on any atom is 0.113 e. The van der Waals surface area contributed by atoms with Crippen LogP contribution >= 0.6 is 0 Å². The molecule has 0 aliphatic carbocycles. The predicted octanol–water partition coefficient (Wildman–Crippen LogP) is 7.01. The number of aromatic nitrogens is 2. The van der Waals surface area contributed by atoms with E-state index in [1.165, 1.54) is 61.2 Å². The number of hydrogen-bond acceptors (Lipinski definition) is 1. The molecule has 0 aliphatic heterocycles. The third-order valence-corrected chi connectivity index (χ3v) is 5.61. The summed E-state index contributed by atoms with van der Waals surface area (Å²) in [5.41, 5.74) is 4.01. The highest BCUT2D eigenvalue weighted by atomic mass is 15.1. The van der Waals surface area contributed by atoms with Crippen LogP contribution < -0.4 is 0 Å². The normalized spacial score (nSPS) is 11.1. The minimum Gasteiger partial charge on any atom is -0.334 e. The van der Waals surface area contributed by atoms with Crippen LogP contribution in [0.1, 0.15) is 74.5 Å². The van der Waals surface area contributed by atoms with Crippen molar-refractivity contribution in [3.63, 3.8) is 0 Å². The van der Waals surface area contributed by atoms with Gasteiger partial charge in [0.1, 0.15) is 5.82 Å². The van der Waals surface area contributed by atoms with Crippen molar-refractivity contribution in [2.75, 3.05) is 0 Å². The van der Waals surface area contributed by atoms with Gasteiger partial charge in [-0.25, -0.2) is 4.98 Å². The highest BCUT2D eigenvalue weighted by Gasteiger charge is 2.09. The van der Waals surface area contributed by atoms with Crippen LogP contribution in [0.2, 0.25) is 0 Å². The highest BCUT2D eigenvalue weighted by Crippen LogP contribution is 2.15. The smallest absolute Gasteiger partial charge is 0.113 e. The van der Waals surface area contributed by atoms with Gasteiger partial charge in [-0.3, -0.25) is 0 Å². The molecule has 3 aromatic rings. The Hall–Kier alpha value is -2.35. The van der Waals surface area contributed by atoms with E-state index in [9.17, 15) is 0 Å². The molecule has 2 nitrogen and oxygen atoms in total. The molecule has 2 aromatic carbocycles. The fourth-order valence-corrected chi connectivity index (χ4v) is 3.93. The lowest BCUT2D eigenvalue weighted by molar-refractivity contribution is 0.548. The third kappa shape index (κ3) is 7.53. The second kappa shape index (κ2) is 12.3. The second-order valence-corrected chi connectivity index (χ2v) is 8.11. The van der Waals surface area contributed by atoms with Gasteiger partial charge in [-0.15, -0.1) is 0 Å². The SMILES string of the molecule is CCCCCCCCn1cc(CCCc2ccccc2)nc1Cc1ccccc1. The fourth-order valence-electron chi connectivity index (χ4n) is 3.93. The second-order valence-electron chi connectivity index (χ2n) is 8.11. The molecule has 0 spiro atoms. The maximum absolute atomic E-state index is 5.03. The zero-order chi connectivity index (χ0) is 20.2. The average Bonchev–Trinajstić information content (AvgIpc) is 3.13. The number of nitrogens with zero attached hydrogens (tertiary/aromatic N) is 2. The molecular formula is C27H36N2. The number of unbranched alkanes of at least 4 members (excludes halogenated alkanes) is 5. The van der Waals surface area contributed by atoms with E-state index in [2.05, 4.69) is 78.4 Å². The van der Waals surface area contributed by atoms with Crippen LogP contribution in [0.3, 0.4) is 0 Å². The zero-order valence-corrected chi connectivity index (χ0v) is 18.0. The third-order valence-electron chi connectivity index (χ3n) is 5.61. The van der Waals surface area contributed by atoms with E-state index in [0.717, 1.165) is 32.2 Å². The molecule has 0 saturated carbocycles. The van der Waals surface area contributed by atoms with Gasteiger partial charge >= 0.3 is 0 Å². The Kier molecular flexibility index (Phi) is 9.03. The van der Waals surface area contributed by atoms with Gasteiger partial charge in [-0.1, -0.05) is 99.7 Å². The van der Waals surface area contributed by atoms with Crippen molar-refractivity contribution >= 4 is 0 Å². The quantitative estimate of drug-likeness (QED) is 0.288. The Morgan fingerprint density at radius 1 is 0.690 bits per heavy atom. The summed E-state index contributed by atoms with van der Waals surface area (Å²) in [7, 11) is 0. The molecule has 29 heavy (non-hydrogen) atoms. The van der Waals surface area contributed by atoms with Crippen LogP contribution in [0.15, 0.2) is 66.9 Å². The molecule has 3 rings (SSSR count). The van der Waals surface area contributed by atoms with E-state index in [-0.39, 0.29) is 0 Å². The average molecular weight is 389 g/mol. The lowest BCUT2D eigenvalue weighted by Gasteiger charge is -2.08. The van der Waals surface area contributed by atoms with Gasteiger partial charge in [-0.2, -0.15) is 0 Å². The van der Waals surface area contributed by atoms with Crippen LogP contribution in [-0.4, -0.2) is 9.55 Å². The molecule has 0 atom stereocenters. The van der Waals surface area contributed by atoms with Gasteiger partial charge in [0.2, 0.25) is 0 Å². The first-order valence-electron chi connectivity index (χ1n) is 11.5. The molecule has 0 N–H and O–H groups in total. The summed E-state index contributed by atoms with van der Waals surface area (Å²) in [5, 5.41) is 0. The summed E-state index contributed by atoms with van der Waals surface area (Å²) < 4.78 is 2.42. The van der Waals surface area contributed by atoms with Crippen molar-refractivity contribution in [3.8, 4) is 0 Å². The molecule has 154 valence electrons. The molecule has 2 heteroatoms. The Morgan fingerprint density at radius 3 is 2.07 bits per heavy atom. The van der Waals surface area contributed by atoms with E-state index in [0.29, 0.717) is 0 Å². The molecule has 0 unspecified atom stereocenters. The van der Waals surface area contributed by atoms with E-state index >= 15 is 0 Å². The van der Waals surface area contributed by atoms with Crippen LogP contribution in [0.4, 0.5) is 0 Å². The molecular weight excluding hydrogens is 352 g/mol. The van der Waals surface area contributed by atoms with Crippen molar-refractivity contribution in [2.45, 2.75) is 77.7 Å². The summed E-state index contributed by atoms with van der Waals surface area (Å²) >= 11 is 0. The van der Waals surface area contributed by atoms with Crippen molar-refractivity contribution < 1.29 is 0 Å². The van der Waals surface area contributed by atoms with Gasteiger partial charge < -0.3 is 4.57 Å². The molecule has 1 aromatic heterocycles. The standard InChI is InChI=1S/C27H36N2/c1-2-3-4-5-6-13-21-29-23-26(20-14-19-24-15-9-7-10-16-24)28-27(29)22-25-17-11-8-12-18-25/h7-12,15-18,23H,2-6,13-14,19-22H2,1H3. The van der Waals surface area contributed by atoms with Gasteiger partial charge in [-0.05, 0) is 36.8 Å². The molecule has 0 amide bonds. The number of imidazole rings is 1. The molecule has 0 saturated heterocycles. The largest absolute Gasteiger partial charge is 0.334 e. The lowest BCUT2D eigenvalue weighted by Crippen LogP contribution is -2.04. The molecule has 0 fully saturated rings. The summed E-state index contributed by atoms with van der Waals surface area (Å²) in [4.78, 5) is 5.03. The van der Waals surface area contributed by atoms with E-state index < -0.39 is 0 Å². The number of benzene rings is 2. The molecule has 1 heterocycles. The monoisotopic (exact) mass is 388 g/mol. The van der Waals surface area contributed by atoms with E-state index in [1.807, 2.05) is 0 Å². The summed E-state index contributed by atoms with van der Waals surface area (Å²) in [5.74, 6) is 1.22. The number of hydrogen-bond donors (Lipinski definition) is 0. The Labute approximate surface area is 177 Å². The van der Waals surface area contributed by atoms with Crippen molar-refractivity contribution in [1.82, 2.24) is 9.55 Å².